The topological polar surface area (TPSA) is 154 Å². The van der Waals surface area contributed by atoms with Gasteiger partial charge in [-0.15, -0.1) is 28.6 Å². The zero-order valence-electron chi connectivity index (χ0n) is 22.9. The molecule has 0 aliphatic carbocycles. The molecule has 0 fully saturated rings. The highest BCUT2D eigenvalue weighted by atomic mass is 79.9. The number of aromatic amines is 2. The van der Waals surface area contributed by atoms with Crippen molar-refractivity contribution in [2.45, 2.75) is 12.4 Å². The predicted octanol–water partition coefficient (Wildman–Crippen LogP) is 7.67. The molecular formula is C26H24Br2Cl5N11. The van der Waals surface area contributed by atoms with Gasteiger partial charge in [-0.3, -0.25) is 5.41 Å². The summed E-state index contributed by atoms with van der Waals surface area (Å²) in [4.78, 5) is 28.1. The van der Waals surface area contributed by atoms with Gasteiger partial charge in [0, 0.05) is 45.3 Å². The van der Waals surface area contributed by atoms with Crippen molar-refractivity contribution in [1.29, 1.82) is 5.41 Å². The fraction of sp³-hybridized carbons (Fsp3) is 0.154. The van der Waals surface area contributed by atoms with E-state index >= 15 is 0 Å². The number of hydrogen-bond acceptors (Lipinski definition) is 8. The minimum absolute atomic E-state index is 0. The molecule has 0 radical (unpaired) electrons. The quantitative estimate of drug-likeness (QED) is 0.105. The van der Waals surface area contributed by atoms with Crippen molar-refractivity contribution in [1.82, 2.24) is 39.5 Å². The van der Waals surface area contributed by atoms with Crippen molar-refractivity contribution >= 4 is 125 Å². The molecule has 0 aliphatic rings. The monoisotopic (exact) mass is 823 g/mol. The van der Waals surface area contributed by atoms with Crippen LogP contribution in [0.3, 0.4) is 0 Å². The molecule has 232 valence electrons. The van der Waals surface area contributed by atoms with Crippen LogP contribution in [0.25, 0.3) is 22.3 Å². The Morgan fingerprint density at radius 1 is 0.886 bits per heavy atom. The van der Waals surface area contributed by atoms with Crippen LogP contribution < -0.4 is 16.1 Å². The molecular weight excluding hydrogens is 803 g/mol. The Morgan fingerprint density at radius 2 is 1.48 bits per heavy atom. The molecule has 0 aliphatic heterocycles. The van der Waals surface area contributed by atoms with Crippen molar-refractivity contribution < 1.29 is 0 Å². The number of halogens is 7. The summed E-state index contributed by atoms with van der Waals surface area (Å²) in [5.74, 6) is 1.43. The van der Waals surface area contributed by atoms with Gasteiger partial charge in [0.1, 0.15) is 17.4 Å². The van der Waals surface area contributed by atoms with Crippen LogP contribution in [0.5, 0.6) is 0 Å². The Morgan fingerprint density at radius 3 is 2.00 bits per heavy atom. The van der Waals surface area contributed by atoms with Crippen LogP contribution in [0, 0.1) is 5.41 Å². The zero-order valence-corrected chi connectivity index (χ0v) is 30.0. The van der Waals surface area contributed by atoms with Crippen LogP contribution in [0.15, 0.2) is 53.8 Å². The normalized spacial score (nSPS) is 10.5. The van der Waals surface area contributed by atoms with E-state index in [0.29, 0.717) is 71.3 Å². The van der Waals surface area contributed by atoms with Gasteiger partial charge in [0.25, 0.3) is 0 Å². The van der Waals surface area contributed by atoms with E-state index in [1.807, 2.05) is 23.6 Å². The first-order valence-electron chi connectivity index (χ1n) is 12.2. The standard InChI is InChI=1S/C14H14Cl2N6.C7H5Cl3.C5H4BrN5.BrH/c1-21(2)14-19-11-12(17)18-7-22(13(11)20-14)6-8-9(15)4-3-5-10(8)16;8-4-5-6(9)2-1-3-7(5)10;6-5-10-2-3(7)8-1-9-4(2)11-5;/h3-5,7,17H,6H2,1-2H3,(H,19,20);1-3H,4H2;1H,(H3,7,8,9,10,11);1H. The van der Waals surface area contributed by atoms with Crippen LogP contribution in [0.2, 0.25) is 20.1 Å². The molecule has 0 bridgehead atoms. The lowest BCUT2D eigenvalue weighted by Gasteiger charge is -2.10. The molecule has 0 spiro atoms. The average Bonchev–Trinajstić information content (AvgIpc) is 3.58. The molecule has 4 heterocycles. The largest absolute Gasteiger partial charge is 0.382 e. The van der Waals surface area contributed by atoms with E-state index in [9.17, 15) is 0 Å². The van der Waals surface area contributed by atoms with Gasteiger partial charge >= 0.3 is 0 Å². The van der Waals surface area contributed by atoms with Crippen LogP contribution in [0.4, 0.5) is 11.8 Å². The molecule has 44 heavy (non-hydrogen) atoms. The van der Waals surface area contributed by atoms with Crippen LogP contribution in [-0.4, -0.2) is 53.6 Å². The van der Waals surface area contributed by atoms with Gasteiger partial charge < -0.3 is 25.2 Å². The van der Waals surface area contributed by atoms with Crippen LogP contribution in [-0.2, 0) is 12.4 Å². The number of rotatable bonds is 4. The Bertz CT molecular complexity index is 1900. The molecule has 6 rings (SSSR count). The Kier molecular flexibility index (Phi) is 13.1. The summed E-state index contributed by atoms with van der Waals surface area (Å²) in [7, 11) is 3.76. The zero-order chi connectivity index (χ0) is 31.3. The molecule has 2 aromatic carbocycles. The van der Waals surface area contributed by atoms with E-state index < -0.39 is 0 Å². The third kappa shape index (κ3) is 8.53. The van der Waals surface area contributed by atoms with Gasteiger partial charge in [-0.2, -0.15) is 4.98 Å². The van der Waals surface area contributed by atoms with Crippen molar-refractivity contribution in [3.05, 3.63) is 90.5 Å². The molecule has 0 amide bonds. The molecule has 18 heteroatoms. The minimum atomic E-state index is 0. The number of imidazole rings is 2. The van der Waals surface area contributed by atoms with E-state index in [4.69, 9.17) is 69.1 Å². The van der Waals surface area contributed by atoms with Crippen molar-refractivity contribution in [2.24, 2.45) is 0 Å². The lowest BCUT2D eigenvalue weighted by atomic mass is 10.2. The first-order valence-corrected chi connectivity index (χ1v) is 15.0. The second kappa shape index (κ2) is 16.1. The summed E-state index contributed by atoms with van der Waals surface area (Å²) in [6, 6.07) is 10.7. The second-order valence-electron chi connectivity index (χ2n) is 8.89. The number of nitrogen functional groups attached to an aromatic ring is 1. The van der Waals surface area contributed by atoms with Crippen LogP contribution >= 0.6 is 90.9 Å². The SMILES string of the molecule is Br.CN(C)c1nc2c([nH]1)c(=N)ncn2Cc1c(Cl)cccc1Cl.ClCc1c(Cl)cccc1Cl.Nc1ncnc2nc(Br)[nH]c12. The summed E-state index contributed by atoms with van der Waals surface area (Å²) < 4.78 is 2.43. The summed E-state index contributed by atoms with van der Waals surface area (Å²) in [6.07, 6.45) is 2.95. The fourth-order valence-corrected chi connectivity index (χ4v) is 5.47. The molecule has 11 nitrogen and oxygen atoms in total. The summed E-state index contributed by atoms with van der Waals surface area (Å²) in [6.45, 7) is 0.431. The Labute approximate surface area is 295 Å². The number of benzene rings is 2. The van der Waals surface area contributed by atoms with E-state index in [0.717, 1.165) is 11.1 Å². The van der Waals surface area contributed by atoms with Crippen molar-refractivity contribution in [2.75, 3.05) is 24.7 Å². The number of anilines is 2. The molecule has 6 aromatic rings. The number of hydrogen-bond donors (Lipinski definition) is 4. The molecule has 0 saturated carbocycles. The van der Waals surface area contributed by atoms with E-state index in [2.05, 4.69) is 50.8 Å². The number of fused-ring (bicyclic) bond motifs is 2. The maximum atomic E-state index is 7.91. The van der Waals surface area contributed by atoms with Gasteiger partial charge in [0.15, 0.2) is 27.3 Å². The maximum Gasteiger partial charge on any atom is 0.204 e. The number of nitrogens with one attached hydrogen (secondary N) is 3. The first-order chi connectivity index (χ1) is 20.5. The highest BCUT2D eigenvalue weighted by molar-refractivity contribution is 9.10. The van der Waals surface area contributed by atoms with Gasteiger partial charge in [-0.05, 0) is 40.2 Å². The third-order valence-electron chi connectivity index (χ3n) is 5.81. The maximum absolute atomic E-state index is 7.91. The van der Waals surface area contributed by atoms with E-state index in [1.54, 1.807) is 42.7 Å². The predicted molar refractivity (Wildman–Crippen MR) is 188 cm³/mol. The number of aromatic nitrogens is 8. The van der Waals surface area contributed by atoms with Gasteiger partial charge in [-0.25, -0.2) is 19.9 Å². The smallest absolute Gasteiger partial charge is 0.204 e. The van der Waals surface area contributed by atoms with Crippen LogP contribution in [0.1, 0.15) is 11.1 Å². The molecule has 0 atom stereocenters. The first kappa shape index (κ1) is 35.8. The molecule has 0 unspecified atom stereocenters. The number of H-pyrrole nitrogens is 2. The third-order valence-corrected chi connectivity index (χ3v) is 7.86. The van der Waals surface area contributed by atoms with E-state index in [-0.39, 0.29) is 22.5 Å². The lowest BCUT2D eigenvalue weighted by molar-refractivity contribution is 0.783. The lowest BCUT2D eigenvalue weighted by Crippen LogP contribution is -2.13. The average molecular weight is 828 g/mol. The van der Waals surface area contributed by atoms with Gasteiger partial charge in [-0.1, -0.05) is 58.5 Å². The number of nitrogens with two attached hydrogens (primary N) is 1. The second-order valence-corrected chi connectivity index (χ2v) is 11.5. The molecule has 4 aromatic heterocycles. The highest BCUT2D eigenvalue weighted by Gasteiger charge is 2.13. The van der Waals surface area contributed by atoms with Crippen molar-refractivity contribution in [3.8, 4) is 0 Å². The van der Waals surface area contributed by atoms with E-state index in [1.165, 1.54) is 6.33 Å². The summed E-state index contributed by atoms with van der Waals surface area (Å²) in [5, 5.41) is 10.3. The Balaban J connectivity index is 0.000000201. The van der Waals surface area contributed by atoms with Gasteiger partial charge in [0.2, 0.25) is 5.95 Å². The molecule has 5 N–H and O–H groups in total. The highest BCUT2D eigenvalue weighted by Crippen LogP contribution is 2.27. The number of alkyl halides is 1. The number of nitrogens with zero attached hydrogens (tertiary/aromatic N) is 7. The fourth-order valence-electron chi connectivity index (χ4n) is 3.63. The molecule has 0 saturated heterocycles. The summed E-state index contributed by atoms with van der Waals surface area (Å²) in [5.41, 5.74) is 9.73. The Hall–Kier alpha value is -2.65. The summed E-state index contributed by atoms with van der Waals surface area (Å²) >= 11 is 32.7. The van der Waals surface area contributed by atoms with Crippen molar-refractivity contribution in [3.63, 3.8) is 0 Å². The minimum Gasteiger partial charge on any atom is -0.382 e. The van der Waals surface area contributed by atoms with Gasteiger partial charge in [0.05, 0.1) is 18.8 Å².